The lowest BCUT2D eigenvalue weighted by Gasteiger charge is -2.21. The molecule has 0 heterocycles. The Labute approximate surface area is 125 Å². The first-order valence-corrected chi connectivity index (χ1v) is 6.83. The molecule has 0 bridgehead atoms. The highest BCUT2D eigenvalue weighted by molar-refractivity contribution is 5.99. The maximum atomic E-state index is 12.6. The maximum Gasteiger partial charge on any atom is 0.248 e. The summed E-state index contributed by atoms with van der Waals surface area (Å²) in [4.78, 5) is 14.2. The minimum Gasteiger partial charge on any atom is -0.314 e. The first kappa shape index (κ1) is 14.8. The van der Waals surface area contributed by atoms with Gasteiger partial charge in [0.1, 0.15) is 0 Å². The SMILES string of the molecule is Cc1cc(C)cc(N(C)C(=O)C(C#N)c2ccccc2)c1. The third kappa shape index (κ3) is 3.29. The summed E-state index contributed by atoms with van der Waals surface area (Å²) in [5, 5.41) is 9.36. The van der Waals surface area contributed by atoms with Crippen molar-refractivity contribution in [1.29, 1.82) is 5.26 Å². The lowest BCUT2D eigenvalue weighted by atomic mass is 9.99. The molecule has 0 aliphatic carbocycles. The highest BCUT2D eigenvalue weighted by Gasteiger charge is 2.24. The molecule has 0 spiro atoms. The Morgan fingerprint density at radius 3 is 2.19 bits per heavy atom. The number of hydrogen-bond donors (Lipinski definition) is 0. The molecule has 1 atom stereocenters. The largest absolute Gasteiger partial charge is 0.314 e. The Kier molecular flexibility index (Phi) is 4.39. The molecule has 0 aliphatic heterocycles. The first-order valence-electron chi connectivity index (χ1n) is 6.83. The van der Waals surface area contributed by atoms with Crippen LogP contribution in [0.1, 0.15) is 22.6 Å². The van der Waals surface area contributed by atoms with Gasteiger partial charge in [-0.25, -0.2) is 0 Å². The van der Waals surface area contributed by atoms with Crippen molar-refractivity contribution in [2.45, 2.75) is 19.8 Å². The molecule has 0 saturated carbocycles. The lowest BCUT2D eigenvalue weighted by molar-refractivity contribution is -0.118. The number of aryl methyl sites for hydroxylation is 2. The molecule has 0 saturated heterocycles. The fourth-order valence-corrected chi connectivity index (χ4v) is 2.38. The summed E-state index contributed by atoms with van der Waals surface area (Å²) in [6.07, 6.45) is 0. The van der Waals surface area contributed by atoms with E-state index in [-0.39, 0.29) is 5.91 Å². The van der Waals surface area contributed by atoms with Gasteiger partial charge in [-0.15, -0.1) is 0 Å². The van der Waals surface area contributed by atoms with E-state index in [1.807, 2.05) is 44.2 Å². The number of amides is 1. The highest BCUT2D eigenvalue weighted by Crippen LogP contribution is 2.23. The Bertz CT molecular complexity index is 666. The lowest BCUT2D eigenvalue weighted by Crippen LogP contribution is -2.31. The third-order valence-electron chi connectivity index (χ3n) is 3.43. The number of nitriles is 1. The number of anilines is 1. The number of hydrogen-bond acceptors (Lipinski definition) is 2. The second-order valence-corrected chi connectivity index (χ2v) is 5.22. The van der Waals surface area contributed by atoms with Crippen molar-refractivity contribution < 1.29 is 4.79 Å². The van der Waals surface area contributed by atoms with Crippen LogP contribution in [0, 0.1) is 25.2 Å². The summed E-state index contributed by atoms with van der Waals surface area (Å²) in [7, 11) is 1.71. The molecule has 1 amide bonds. The number of likely N-dealkylation sites (N-methyl/N-ethyl adjacent to an activating group) is 1. The Morgan fingerprint density at radius 2 is 1.67 bits per heavy atom. The van der Waals surface area contributed by atoms with Crippen LogP contribution < -0.4 is 4.90 Å². The van der Waals surface area contributed by atoms with Crippen LogP contribution in [0.3, 0.4) is 0 Å². The van der Waals surface area contributed by atoms with E-state index in [0.717, 1.165) is 22.4 Å². The molecule has 1 unspecified atom stereocenters. The summed E-state index contributed by atoms with van der Waals surface area (Å²) >= 11 is 0. The van der Waals surface area contributed by atoms with Gasteiger partial charge >= 0.3 is 0 Å². The van der Waals surface area contributed by atoms with Gasteiger partial charge in [-0.1, -0.05) is 36.4 Å². The van der Waals surface area contributed by atoms with Crippen molar-refractivity contribution in [3.8, 4) is 6.07 Å². The molecule has 0 radical (unpaired) electrons. The molecule has 2 aromatic rings. The van der Waals surface area contributed by atoms with Gasteiger partial charge in [-0.05, 0) is 42.7 Å². The number of rotatable bonds is 3. The van der Waals surface area contributed by atoms with Crippen molar-refractivity contribution in [3.05, 3.63) is 65.2 Å². The summed E-state index contributed by atoms with van der Waals surface area (Å²) in [5.74, 6) is -0.995. The molecule has 2 rings (SSSR count). The molecular formula is C18H18N2O. The summed E-state index contributed by atoms with van der Waals surface area (Å²) in [6, 6.07) is 17.2. The zero-order chi connectivity index (χ0) is 15.4. The third-order valence-corrected chi connectivity index (χ3v) is 3.43. The Morgan fingerprint density at radius 1 is 1.10 bits per heavy atom. The number of carbonyl (C=O) groups is 1. The number of carbonyl (C=O) groups excluding carboxylic acids is 1. The van der Waals surface area contributed by atoms with Gasteiger partial charge in [0.2, 0.25) is 5.91 Å². The smallest absolute Gasteiger partial charge is 0.248 e. The fourth-order valence-electron chi connectivity index (χ4n) is 2.38. The molecule has 3 nitrogen and oxygen atoms in total. The molecule has 2 aromatic carbocycles. The Balaban J connectivity index is 2.32. The van der Waals surface area contributed by atoms with Crippen LogP contribution in [0.15, 0.2) is 48.5 Å². The molecule has 0 aliphatic rings. The predicted molar refractivity (Wildman–Crippen MR) is 84.1 cm³/mol. The average Bonchev–Trinajstić information content (AvgIpc) is 2.47. The monoisotopic (exact) mass is 278 g/mol. The van der Waals surface area contributed by atoms with E-state index in [9.17, 15) is 10.1 Å². The van der Waals surface area contributed by atoms with Crippen molar-refractivity contribution in [2.24, 2.45) is 0 Å². The van der Waals surface area contributed by atoms with Crippen molar-refractivity contribution in [2.75, 3.05) is 11.9 Å². The van der Waals surface area contributed by atoms with Gasteiger partial charge in [-0.3, -0.25) is 4.79 Å². The van der Waals surface area contributed by atoms with Crippen molar-refractivity contribution >= 4 is 11.6 Å². The number of benzene rings is 2. The maximum absolute atomic E-state index is 12.6. The van der Waals surface area contributed by atoms with Crippen LogP contribution in [0.25, 0.3) is 0 Å². The number of nitrogens with zero attached hydrogens (tertiary/aromatic N) is 2. The summed E-state index contributed by atoms with van der Waals surface area (Å²) < 4.78 is 0. The molecule has 3 heteroatoms. The van der Waals surface area contributed by atoms with E-state index in [4.69, 9.17) is 0 Å². The van der Waals surface area contributed by atoms with Gasteiger partial charge < -0.3 is 4.90 Å². The topological polar surface area (TPSA) is 44.1 Å². The standard InChI is InChI=1S/C18H18N2O/c1-13-9-14(2)11-16(10-13)20(3)18(21)17(12-19)15-7-5-4-6-8-15/h4-11,17H,1-3H3. The molecule has 0 aromatic heterocycles. The van der Waals surface area contributed by atoms with E-state index in [1.165, 1.54) is 0 Å². The molecule has 0 fully saturated rings. The second kappa shape index (κ2) is 6.23. The van der Waals surface area contributed by atoms with E-state index in [0.29, 0.717) is 0 Å². The van der Waals surface area contributed by atoms with Crippen LogP contribution >= 0.6 is 0 Å². The van der Waals surface area contributed by atoms with Crippen LogP contribution in [-0.2, 0) is 4.79 Å². The summed E-state index contributed by atoms with van der Waals surface area (Å²) in [5.41, 5.74) is 3.73. The van der Waals surface area contributed by atoms with Gasteiger partial charge in [0.25, 0.3) is 0 Å². The zero-order valence-corrected chi connectivity index (χ0v) is 12.5. The van der Waals surface area contributed by atoms with E-state index < -0.39 is 5.92 Å². The molecular weight excluding hydrogens is 260 g/mol. The normalized spacial score (nSPS) is 11.5. The minimum absolute atomic E-state index is 0.214. The highest BCUT2D eigenvalue weighted by atomic mass is 16.2. The van der Waals surface area contributed by atoms with Crippen LogP contribution in [0.2, 0.25) is 0 Å². The Hall–Kier alpha value is -2.60. The minimum atomic E-state index is -0.781. The predicted octanol–water partition coefficient (Wildman–Crippen LogP) is 3.57. The van der Waals surface area contributed by atoms with E-state index >= 15 is 0 Å². The van der Waals surface area contributed by atoms with Gasteiger partial charge in [0, 0.05) is 12.7 Å². The second-order valence-electron chi connectivity index (χ2n) is 5.22. The van der Waals surface area contributed by atoms with Gasteiger partial charge in [0.15, 0.2) is 5.92 Å². The average molecular weight is 278 g/mol. The first-order chi connectivity index (χ1) is 10.0. The molecule has 21 heavy (non-hydrogen) atoms. The molecule has 0 N–H and O–H groups in total. The van der Waals surface area contributed by atoms with E-state index in [2.05, 4.69) is 12.1 Å². The van der Waals surface area contributed by atoms with Crippen molar-refractivity contribution in [3.63, 3.8) is 0 Å². The summed E-state index contributed by atoms with van der Waals surface area (Å²) in [6.45, 7) is 3.99. The molecule has 106 valence electrons. The fraction of sp³-hybridized carbons (Fsp3) is 0.222. The zero-order valence-electron chi connectivity index (χ0n) is 12.5. The van der Waals surface area contributed by atoms with Gasteiger partial charge in [-0.2, -0.15) is 5.26 Å². The van der Waals surface area contributed by atoms with Crippen molar-refractivity contribution in [1.82, 2.24) is 0 Å². The van der Waals surface area contributed by atoms with Crippen LogP contribution in [0.4, 0.5) is 5.69 Å². The van der Waals surface area contributed by atoms with E-state index in [1.54, 1.807) is 24.1 Å². The quantitative estimate of drug-likeness (QED) is 0.861. The van der Waals surface area contributed by atoms with Crippen LogP contribution in [0.5, 0.6) is 0 Å². The van der Waals surface area contributed by atoms with Crippen LogP contribution in [-0.4, -0.2) is 13.0 Å². The van der Waals surface area contributed by atoms with Gasteiger partial charge in [0.05, 0.1) is 6.07 Å².